The fourth-order valence-corrected chi connectivity index (χ4v) is 3.30. The number of halogens is 3. The fraction of sp³-hybridized carbons (Fsp3) is 0.130. The van der Waals surface area contributed by atoms with Gasteiger partial charge in [-0.2, -0.15) is 5.26 Å². The van der Waals surface area contributed by atoms with Crippen LogP contribution in [0.3, 0.4) is 0 Å². The molecule has 0 saturated heterocycles. The van der Waals surface area contributed by atoms with Crippen molar-refractivity contribution in [1.82, 2.24) is 9.97 Å². The highest BCUT2D eigenvalue weighted by Crippen LogP contribution is 2.31. The van der Waals surface area contributed by atoms with Crippen molar-refractivity contribution in [1.29, 1.82) is 5.26 Å². The molecule has 11 heteroatoms. The van der Waals surface area contributed by atoms with Crippen molar-refractivity contribution in [2.45, 2.75) is 18.3 Å². The molecule has 0 aliphatic carbocycles. The number of pyridine rings is 2. The number of nitrogens with zero attached hydrogens (tertiary/aromatic N) is 3. The van der Waals surface area contributed by atoms with Crippen molar-refractivity contribution in [3.63, 3.8) is 0 Å². The normalized spacial score (nSPS) is 19.5. The van der Waals surface area contributed by atoms with Gasteiger partial charge in [-0.25, -0.2) is 18.2 Å². The van der Waals surface area contributed by atoms with Gasteiger partial charge in [0.2, 0.25) is 6.10 Å². The molecule has 0 spiro atoms. The number of nitriles is 1. The van der Waals surface area contributed by atoms with Gasteiger partial charge >= 0.3 is 0 Å². The molecule has 3 atom stereocenters. The lowest BCUT2D eigenvalue weighted by Crippen LogP contribution is -2.40. The Bertz CT molecular complexity index is 1320. The number of nitrogens with one attached hydrogen (secondary N) is 1. The lowest BCUT2D eigenvalue weighted by atomic mass is 10.0. The summed E-state index contributed by atoms with van der Waals surface area (Å²) in [5, 5.41) is 31.5. The zero-order valence-corrected chi connectivity index (χ0v) is 17.1. The molecule has 3 N–H and O–H groups in total. The zero-order chi connectivity index (χ0) is 24.4. The molecule has 0 radical (unpaired) electrons. The predicted octanol–water partition coefficient (Wildman–Crippen LogP) is 2.80. The van der Waals surface area contributed by atoms with E-state index in [0.29, 0.717) is 0 Å². The maximum absolute atomic E-state index is 14.3. The SMILES string of the molecule is N#CC1OC(c2ccncc2NC(=O)c2ccc(F)c(-c3c(F)cccc3F)n2)=CC(O)C1O. The first-order chi connectivity index (χ1) is 16.3. The number of carbonyl (C=O) groups is 1. The number of benzene rings is 1. The van der Waals surface area contributed by atoms with E-state index in [-0.39, 0.29) is 22.7 Å². The first-order valence-corrected chi connectivity index (χ1v) is 9.81. The summed E-state index contributed by atoms with van der Waals surface area (Å²) in [6, 6.07) is 8.03. The highest BCUT2D eigenvalue weighted by Gasteiger charge is 2.33. The van der Waals surface area contributed by atoms with E-state index >= 15 is 0 Å². The highest BCUT2D eigenvalue weighted by atomic mass is 19.1. The molecule has 1 aromatic carbocycles. The molecule has 0 bridgehead atoms. The van der Waals surface area contributed by atoms with E-state index in [2.05, 4.69) is 15.3 Å². The van der Waals surface area contributed by atoms with E-state index in [1.807, 2.05) is 0 Å². The zero-order valence-electron chi connectivity index (χ0n) is 17.1. The van der Waals surface area contributed by atoms with Crippen LogP contribution >= 0.6 is 0 Å². The quantitative estimate of drug-likeness (QED) is 0.537. The van der Waals surface area contributed by atoms with Gasteiger partial charge < -0.3 is 20.3 Å². The molecule has 1 aliphatic rings. The van der Waals surface area contributed by atoms with Gasteiger partial charge in [-0.3, -0.25) is 9.78 Å². The summed E-state index contributed by atoms with van der Waals surface area (Å²) in [6.07, 6.45) is -0.445. The summed E-state index contributed by atoms with van der Waals surface area (Å²) in [5.41, 5.74) is -1.45. The van der Waals surface area contributed by atoms with Crippen molar-refractivity contribution >= 4 is 17.4 Å². The Hall–Kier alpha value is -4.27. The van der Waals surface area contributed by atoms with E-state index in [1.165, 1.54) is 24.5 Å². The average molecular weight is 468 g/mol. The number of carbonyl (C=O) groups excluding carboxylic acids is 1. The van der Waals surface area contributed by atoms with Gasteiger partial charge in [0.25, 0.3) is 5.91 Å². The lowest BCUT2D eigenvalue weighted by Gasteiger charge is -2.28. The number of amides is 1. The third-order valence-corrected chi connectivity index (χ3v) is 4.98. The summed E-state index contributed by atoms with van der Waals surface area (Å²) in [6.45, 7) is 0. The average Bonchev–Trinajstić information content (AvgIpc) is 2.82. The minimum absolute atomic E-state index is 0.00299. The molecule has 0 saturated carbocycles. The highest BCUT2D eigenvalue weighted by molar-refractivity contribution is 6.04. The van der Waals surface area contributed by atoms with Crippen molar-refractivity contribution in [2.75, 3.05) is 5.32 Å². The van der Waals surface area contributed by atoms with E-state index in [0.717, 1.165) is 30.3 Å². The van der Waals surface area contributed by atoms with Gasteiger partial charge in [-0.15, -0.1) is 0 Å². The summed E-state index contributed by atoms with van der Waals surface area (Å²) in [5.74, 6) is -3.98. The van der Waals surface area contributed by atoms with Crippen LogP contribution in [0.4, 0.5) is 18.9 Å². The summed E-state index contributed by atoms with van der Waals surface area (Å²) in [7, 11) is 0. The second-order valence-electron chi connectivity index (χ2n) is 7.18. The van der Waals surface area contributed by atoms with E-state index in [4.69, 9.17) is 10.00 Å². The second kappa shape index (κ2) is 9.30. The molecular formula is C23H15F3N4O4. The third kappa shape index (κ3) is 4.32. The minimum Gasteiger partial charge on any atom is -0.472 e. The Morgan fingerprint density at radius 1 is 1.09 bits per heavy atom. The van der Waals surface area contributed by atoms with Gasteiger partial charge in [-0.05, 0) is 36.4 Å². The number of hydrogen-bond donors (Lipinski definition) is 3. The third-order valence-electron chi connectivity index (χ3n) is 4.98. The Morgan fingerprint density at radius 2 is 1.82 bits per heavy atom. The standard InChI is InChI=1S/C23H15F3N4O4/c24-12-2-1-3-13(25)20(12)21-14(26)4-5-15(29-21)23(33)30-16-10-28-7-6-11(16)18-8-17(31)22(32)19(9-27)34-18/h1-8,10,17,19,22,31-32H,(H,30,33). The minimum atomic E-state index is -1.46. The molecule has 8 nitrogen and oxygen atoms in total. The van der Waals surface area contributed by atoms with Crippen LogP contribution in [0.2, 0.25) is 0 Å². The van der Waals surface area contributed by atoms with Crippen LogP contribution in [0.25, 0.3) is 17.0 Å². The molecule has 0 fully saturated rings. The second-order valence-corrected chi connectivity index (χ2v) is 7.18. The Balaban J connectivity index is 1.67. The number of hydrogen-bond acceptors (Lipinski definition) is 7. The Labute approximate surface area is 190 Å². The Kier molecular flexibility index (Phi) is 6.27. The van der Waals surface area contributed by atoms with Gasteiger partial charge in [0, 0.05) is 11.8 Å². The molecule has 3 heterocycles. The van der Waals surface area contributed by atoms with Gasteiger partial charge in [0.1, 0.15) is 52.9 Å². The summed E-state index contributed by atoms with van der Waals surface area (Å²) >= 11 is 0. The monoisotopic (exact) mass is 468 g/mol. The van der Waals surface area contributed by atoms with Crippen LogP contribution in [0.1, 0.15) is 16.1 Å². The van der Waals surface area contributed by atoms with E-state index in [1.54, 1.807) is 6.07 Å². The number of aliphatic hydroxyl groups excluding tert-OH is 2. The van der Waals surface area contributed by atoms with Crippen molar-refractivity contribution in [3.05, 3.63) is 83.6 Å². The number of aromatic nitrogens is 2. The van der Waals surface area contributed by atoms with Gasteiger partial charge in [0.15, 0.2) is 0 Å². The van der Waals surface area contributed by atoms with Crippen molar-refractivity contribution < 1.29 is 32.9 Å². The van der Waals surface area contributed by atoms with Crippen molar-refractivity contribution in [3.8, 4) is 17.3 Å². The molecule has 3 aromatic rings. The smallest absolute Gasteiger partial charge is 0.274 e. The first-order valence-electron chi connectivity index (χ1n) is 9.81. The summed E-state index contributed by atoms with van der Waals surface area (Å²) < 4.78 is 48.0. The molecule has 1 amide bonds. The largest absolute Gasteiger partial charge is 0.472 e. The van der Waals surface area contributed by atoms with E-state index in [9.17, 15) is 28.2 Å². The van der Waals surface area contributed by atoms with E-state index < -0.39 is 52.9 Å². The molecular weight excluding hydrogens is 453 g/mol. The predicted molar refractivity (Wildman–Crippen MR) is 112 cm³/mol. The van der Waals surface area contributed by atoms with Crippen LogP contribution in [0.5, 0.6) is 0 Å². The number of anilines is 1. The van der Waals surface area contributed by atoms with Gasteiger partial charge in [0.05, 0.1) is 17.4 Å². The number of ether oxygens (including phenoxy) is 1. The number of rotatable bonds is 4. The molecule has 1 aliphatic heterocycles. The fourth-order valence-electron chi connectivity index (χ4n) is 3.30. The molecule has 3 unspecified atom stereocenters. The molecule has 172 valence electrons. The summed E-state index contributed by atoms with van der Waals surface area (Å²) in [4.78, 5) is 20.5. The first kappa shape index (κ1) is 22.9. The van der Waals surface area contributed by atoms with Gasteiger partial charge in [-0.1, -0.05) is 6.07 Å². The maximum Gasteiger partial charge on any atom is 0.274 e. The topological polar surface area (TPSA) is 128 Å². The van der Waals surface area contributed by atoms with Crippen LogP contribution in [-0.4, -0.2) is 44.4 Å². The van der Waals surface area contributed by atoms with Crippen LogP contribution in [0.15, 0.2) is 54.9 Å². The molecule has 2 aromatic heterocycles. The van der Waals surface area contributed by atoms with Crippen molar-refractivity contribution in [2.24, 2.45) is 0 Å². The molecule has 34 heavy (non-hydrogen) atoms. The molecule has 4 rings (SSSR count). The maximum atomic E-state index is 14.3. The lowest BCUT2D eigenvalue weighted by molar-refractivity contribution is -0.0311. The van der Waals surface area contributed by atoms with Crippen LogP contribution in [-0.2, 0) is 4.74 Å². The van der Waals surface area contributed by atoms with Crippen LogP contribution in [0, 0.1) is 28.8 Å². The van der Waals surface area contributed by atoms with Crippen LogP contribution < -0.4 is 5.32 Å². The Morgan fingerprint density at radius 3 is 2.53 bits per heavy atom. The number of aliphatic hydroxyl groups is 2.